The van der Waals surface area contributed by atoms with Crippen LogP contribution in [0.1, 0.15) is 55.6 Å². The molecule has 0 fully saturated rings. The Labute approximate surface area is 528 Å². The summed E-state index contributed by atoms with van der Waals surface area (Å²) in [6.45, 7) is 10.9. The average molecular weight is 1330 g/mol. The van der Waals surface area contributed by atoms with Gasteiger partial charge in [-0.1, -0.05) is 89.4 Å². The van der Waals surface area contributed by atoms with Crippen molar-refractivity contribution in [3.8, 4) is 91.9 Å². The van der Waals surface area contributed by atoms with Crippen molar-refractivity contribution in [3.05, 3.63) is 175 Å². The molecule has 0 spiro atoms. The Kier molecular flexibility index (Phi) is 14.5. The highest BCUT2D eigenvalue weighted by Gasteiger charge is 2.30. The smallest absolute Gasteiger partial charge is 0.146 e. The fourth-order valence-electron chi connectivity index (χ4n) is 11.6. The Balaban J connectivity index is 0.965. The second-order valence-corrected chi connectivity index (χ2v) is 34.5. The van der Waals surface area contributed by atoms with Crippen LogP contribution in [0, 0.1) is 40.4 Å². The molecule has 0 saturated heterocycles. The van der Waals surface area contributed by atoms with Crippen LogP contribution in [0.3, 0.4) is 0 Å². The van der Waals surface area contributed by atoms with Gasteiger partial charge in [0.05, 0.1) is 9.58 Å². The van der Waals surface area contributed by atoms with Crippen molar-refractivity contribution in [1.82, 2.24) is 0 Å². The zero-order chi connectivity index (χ0) is 55.5. The van der Waals surface area contributed by atoms with E-state index in [-0.39, 0.29) is 5.82 Å². The highest BCUT2D eigenvalue weighted by molar-refractivity contribution is 9.09. The van der Waals surface area contributed by atoms with Crippen molar-refractivity contribution < 1.29 is 4.39 Å². The molecule has 0 N–H and O–H groups in total. The third-order valence-corrected chi connectivity index (χ3v) is 28.9. The van der Waals surface area contributed by atoms with Crippen molar-refractivity contribution in [1.29, 1.82) is 0 Å². The van der Waals surface area contributed by atoms with Gasteiger partial charge in [0, 0.05) is 151 Å². The van der Waals surface area contributed by atoms with E-state index in [2.05, 4.69) is 177 Å². The molecule has 82 heavy (non-hydrogen) atoms. The highest BCUT2D eigenvalue weighted by Crippen LogP contribution is 2.60. The lowest BCUT2D eigenvalue weighted by atomic mass is 9.98. The minimum atomic E-state index is -0.0881. The zero-order valence-electron chi connectivity index (χ0n) is 45.3. The molecule has 0 atom stereocenters. The maximum absolute atomic E-state index is 16.4. The summed E-state index contributed by atoms with van der Waals surface area (Å²) in [6.07, 6.45) is 5.84. The second kappa shape index (κ2) is 22.0. The second-order valence-electron chi connectivity index (χ2n) is 21.0. The predicted molar refractivity (Wildman–Crippen MR) is 379 cm³/mol. The number of aryl methyl sites for hydroxylation is 6. The molecule has 406 valence electrons. The summed E-state index contributed by atoms with van der Waals surface area (Å²) in [4.78, 5) is 21.4. The van der Waals surface area contributed by atoms with Crippen molar-refractivity contribution in [2.75, 3.05) is 5.33 Å². The monoisotopic (exact) mass is 1330 g/mol. The van der Waals surface area contributed by atoms with Gasteiger partial charge in [-0.05, 0) is 149 Å². The quantitative estimate of drug-likeness (QED) is 0.0709. The number of halogens is 2. The van der Waals surface area contributed by atoms with Crippen LogP contribution in [0.5, 0.6) is 0 Å². The van der Waals surface area contributed by atoms with Crippen molar-refractivity contribution in [2.45, 2.75) is 66.7 Å². The first kappa shape index (κ1) is 54.0. The van der Waals surface area contributed by atoms with Crippen molar-refractivity contribution in [2.24, 2.45) is 0 Å². The molecular weight excluding hydrogens is 1280 g/mol. The maximum atomic E-state index is 16.4. The van der Waals surface area contributed by atoms with Crippen LogP contribution in [0.25, 0.3) is 142 Å². The number of rotatable bonds is 15. The van der Waals surface area contributed by atoms with Gasteiger partial charge in [0.1, 0.15) is 5.82 Å². The summed E-state index contributed by atoms with van der Waals surface area (Å²) in [5.74, 6) is -0.0881. The first-order valence-electron chi connectivity index (χ1n) is 27.4. The molecule has 15 rings (SSSR count). The Bertz CT molecular complexity index is 4910. The van der Waals surface area contributed by atoms with Crippen molar-refractivity contribution >= 4 is 191 Å². The van der Waals surface area contributed by atoms with Crippen LogP contribution in [0.4, 0.5) is 4.39 Å². The fourth-order valence-corrected chi connectivity index (χ4v) is 25.0. The predicted octanol–water partition coefficient (Wildman–Crippen LogP) is 27.3. The van der Waals surface area contributed by atoms with Crippen LogP contribution in [-0.4, -0.2) is 5.33 Å². The van der Waals surface area contributed by atoms with Crippen molar-refractivity contribution in [3.63, 3.8) is 0 Å². The highest BCUT2D eigenvalue weighted by atomic mass is 79.9. The van der Waals surface area contributed by atoms with Gasteiger partial charge in [0.2, 0.25) is 0 Å². The van der Waals surface area contributed by atoms with Gasteiger partial charge in [0.25, 0.3) is 0 Å². The van der Waals surface area contributed by atoms with E-state index in [1.807, 2.05) is 115 Å². The molecule has 0 amide bonds. The molecular formula is C69H50BrFS11. The number of thiophene rings is 11. The minimum Gasteiger partial charge on any atom is -0.205 e. The summed E-state index contributed by atoms with van der Waals surface area (Å²) in [7, 11) is 0. The topological polar surface area (TPSA) is 0 Å². The Morgan fingerprint density at radius 2 is 0.768 bits per heavy atom. The first-order valence-corrected chi connectivity index (χ1v) is 37.5. The lowest BCUT2D eigenvalue weighted by Gasteiger charge is -2.11. The molecule has 15 aromatic rings. The summed E-state index contributed by atoms with van der Waals surface area (Å²) < 4.78 is 22.8. The average Bonchev–Trinajstić information content (AvgIpc) is 4.47. The molecule has 0 aliphatic carbocycles. The van der Waals surface area contributed by atoms with E-state index in [9.17, 15) is 0 Å². The summed E-state index contributed by atoms with van der Waals surface area (Å²) in [5.41, 5.74) is 9.20. The van der Waals surface area contributed by atoms with E-state index in [1.165, 1.54) is 161 Å². The normalized spacial score (nSPS) is 12.1. The summed E-state index contributed by atoms with van der Waals surface area (Å²) in [5, 5.41) is 7.10. The van der Waals surface area contributed by atoms with E-state index in [4.69, 9.17) is 0 Å². The molecule has 0 aliphatic rings. The van der Waals surface area contributed by atoms with Gasteiger partial charge in [-0.25, -0.2) is 4.39 Å². The van der Waals surface area contributed by atoms with Crippen LogP contribution in [0.15, 0.2) is 140 Å². The largest absolute Gasteiger partial charge is 0.205 e. The maximum Gasteiger partial charge on any atom is 0.146 e. The third-order valence-electron chi connectivity index (χ3n) is 15.4. The number of hydrogen-bond acceptors (Lipinski definition) is 11. The number of alkyl halides is 1. The molecule has 11 aromatic heterocycles. The molecule has 11 heterocycles. The van der Waals surface area contributed by atoms with Gasteiger partial charge in [0.15, 0.2) is 0 Å². The molecule has 0 radical (unpaired) electrons. The van der Waals surface area contributed by atoms with Gasteiger partial charge < -0.3 is 0 Å². The van der Waals surface area contributed by atoms with E-state index < -0.39 is 0 Å². The fraction of sp³-hybridized carbons (Fsp3) is 0.159. The van der Waals surface area contributed by atoms with Gasteiger partial charge in [-0.15, -0.1) is 125 Å². The molecule has 0 bridgehead atoms. The SMILES string of the molecule is Cc1ccc(-c2c(-c3ccc(C)s3)c3sc(-c4sc(-c5cc6c(s5)c(-c5ccc(C)s5)c(-c5ccc(C)s5)c5sc(-c7sc(-c8ccccc8)c8c(F)c(C)sc78)cc56)cc4CCCCCCBr)cc3c3cc(-c4ccccc4)sc23)s1. The molecule has 0 aliphatic heterocycles. The third kappa shape index (κ3) is 9.40. The van der Waals surface area contributed by atoms with Crippen LogP contribution in [0.2, 0.25) is 0 Å². The van der Waals surface area contributed by atoms with E-state index >= 15 is 4.39 Å². The summed E-state index contributed by atoms with van der Waals surface area (Å²) in [6, 6.07) is 52.6. The standard InChI is InChI=1S/C69H50BrFS11/c1-35-21-25-47(72-35)56-58(49-27-23-37(3)74-49)66-45(43-31-51(77-64(43)56)40-16-11-8-12-17-40)33-54(80-66)62-42(20-10-6-7-15-29-70)30-52(78-62)53-32-44-46-34-55(68-69-60(61(71)39(5)76-69)63(82-68)41-18-13-9-14-19-41)81-67(46)59(50-28-24-38(4)75-50)57(65(44)79-53)48-26-22-36(2)73-48/h8-9,11-14,16-19,21-28,30-34H,6-7,10,15,20,29H2,1-5H3. The van der Waals surface area contributed by atoms with E-state index in [1.54, 1.807) is 22.7 Å². The Hall–Kier alpha value is -4.71. The van der Waals surface area contributed by atoms with Crippen LogP contribution < -0.4 is 0 Å². The number of fused-ring (bicyclic) bond motifs is 7. The first-order chi connectivity index (χ1) is 40.0. The van der Waals surface area contributed by atoms with Crippen LogP contribution >= 0.6 is 141 Å². The number of hydrogen-bond donors (Lipinski definition) is 0. The minimum absolute atomic E-state index is 0.0881. The molecule has 0 unspecified atom stereocenters. The molecule has 0 nitrogen and oxygen atoms in total. The van der Waals surface area contributed by atoms with Gasteiger partial charge >= 0.3 is 0 Å². The van der Waals surface area contributed by atoms with Crippen LogP contribution in [-0.2, 0) is 6.42 Å². The molecule has 4 aromatic carbocycles. The molecule has 0 saturated carbocycles. The molecule has 13 heteroatoms. The lowest BCUT2D eigenvalue weighted by molar-refractivity contribution is 0.637. The van der Waals surface area contributed by atoms with E-state index in [0.29, 0.717) is 0 Å². The lowest BCUT2D eigenvalue weighted by Crippen LogP contribution is -1.86. The zero-order valence-corrected chi connectivity index (χ0v) is 55.8. The number of benzene rings is 4. The number of unbranched alkanes of at least 4 members (excludes halogenated alkanes) is 3. The summed E-state index contributed by atoms with van der Waals surface area (Å²) >= 11 is 24.5. The van der Waals surface area contributed by atoms with Gasteiger partial charge in [-0.2, -0.15) is 0 Å². The van der Waals surface area contributed by atoms with Gasteiger partial charge in [-0.3, -0.25) is 0 Å². The van der Waals surface area contributed by atoms with E-state index in [0.717, 1.165) is 48.5 Å². The Morgan fingerprint density at radius 1 is 0.341 bits per heavy atom. The Morgan fingerprint density at radius 3 is 1.26 bits per heavy atom.